The first-order valence-electron chi connectivity index (χ1n) is 4.77. The van der Waals surface area contributed by atoms with Crippen LogP contribution in [0.15, 0.2) is 0 Å². The normalized spacial score (nSPS) is 17.7. The largest absolute Gasteiger partial charge is 0.0654 e. The smallest absolute Gasteiger partial charge is 0.0241 e. The van der Waals surface area contributed by atoms with Crippen molar-refractivity contribution in [2.75, 3.05) is 0 Å². The van der Waals surface area contributed by atoms with Crippen LogP contribution < -0.4 is 0 Å². The number of hydrogen-bond donors (Lipinski definition) is 0. The molecule has 0 aliphatic heterocycles. The van der Waals surface area contributed by atoms with Gasteiger partial charge >= 0.3 is 0 Å². The highest BCUT2D eigenvalue weighted by Gasteiger charge is 2.20. The van der Waals surface area contributed by atoms with Crippen LogP contribution in [0.4, 0.5) is 0 Å². The summed E-state index contributed by atoms with van der Waals surface area (Å²) in [7, 11) is 0. The standard InChI is InChI=1S/C10H19/c1-2-3-4-5-6-7-10-8-9-10/h2-9H2,1H3. The molecule has 0 spiro atoms. The minimum absolute atomic E-state index is 1.37. The Morgan fingerprint density at radius 3 is 2.30 bits per heavy atom. The van der Waals surface area contributed by atoms with Gasteiger partial charge in [0.05, 0.1) is 0 Å². The van der Waals surface area contributed by atoms with E-state index in [1.54, 1.807) is 0 Å². The van der Waals surface area contributed by atoms with Crippen molar-refractivity contribution in [2.45, 2.75) is 58.3 Å². The van der Waals surface area contributed by atoms with E-state index in [9.17, 15) is 0 Å². The molecular weight excluding hydrogens is 120 g/mol. The molecule has 1 aliphatic rings. The lowest BCUT2D eigenvalue weighted by Gasteiger charge is -1.96. The zero-order valence-corrected chi connectivity index (χ0v) is 7.16. The lowest BCUT2D eigenvalue weighted by molar-refractivity contribution is 0.626. The molecule has 0 N–H and O–H groups in total. The molecule has 0 aromatic carbocycles. The summed E-state index contributed by atoms with van der Waals surface area (Å²) in [5, 5.41) is 0. The van der Waals surface area contributed by atoms with E-state index in [1.165, 1.54) is 51.4 Å². The van der Waals surface area contributed by atoms with Crippen molar-refractivity contribution in [1.82, 2.24) is 0 Å². The quantitative estimate of drug-likeness (QED) is 0.492. The van der Waals surface area contributed by atoms with Gasteiger partial charge in [0.25, 0.3) is 0 Å². The fourth-order valence-electron chi connectivity index (χ4n) is 1.32. The third kappa shape index (κ3) is 3.92. The Labute approximate surface area is 65.0 Å². The maximum atomic E-state index is 2.27. The van der Waals surface area contributed by atoms with Crippen molar-refractivity contribution in [1.29, 1.82) is 0 Å². The number of rotatable bonds is 6. The summed E-state index contributed by atoms with van der Waals surface area (Å²) in [6, 6.07) is 0. The Bertz CT molecular complexity index is 72.1. The lowest BCUT2D eigenvalue weighted by atomic mass is 10.1. The van der Waals surface area contributed by atoms with Crippen LogP contribution in [0.25, 0.3) is 0 Å². The van der Waals surface area contributed by atoms with Crippen LogP contribution in [-0.4, -0.2) is 0 Å². The van der Waals surface area contributed by atoms with Gasteiger partial charge in [-0.25, -0.2) is 0 Å². The SMILES string of the molecule is CCCCCCC[C]1CC1. The van der Waals surface area contributed by atoms with Crippen LogP contribution in [0.2, 0.25) is 0 Å². The van der Waals surface area contributed by atoms with Gasteiger partial charge in [0.2, 0.25) is 0 Å². The fourth-order valence-corrected chi connectivity index (χ4v) is 1.32. The van der Waals surface area contributed by atoms with Crippen molar-refractivity contribution >= 4 is 0 Å². The van der Waals surface area contributed by atoms with Gasteiger partial charge in [0.1, 0.15) is 0 Å². The van der Waals surface area contributed by atoms with Crippen LogP contribution in [0.1, 0.15) is 58.3 Å². The highest BCUT2D eigenvalue weighted by Crippen LogP contribution is 2.36. The Morgan fingerprint density at radius 1 is 1.00 bits per heavy atom. The van der Waals surface area contributed by atoms with E-state index in [1.807, 2.05) is 5.92 Å². The predicted molar refractivity (Wildman–Crippen MR) is 45.9 cm³/mol. The van der Waals surface area contributed by atoms with Crippen molar-refractivity contribution in [2.24, 2.45) is 0 Å². The Morgan fingerprint density at radius 2 is 1.70 bits per heavy atom. The highest BCUT2D eigenvalue weighted by atomic mass is 14.2. The first kappa shape index (κ1) is 8.10. The zero-order chi connectivity index (χ0) is 7.23. The third-order valence-corrected chi connectivity index (χ3v) is 2.24. The van der Waals surface area contributed by atoms with Gasteiger partial charge in [-0.05, 0) is 25.2 Å². The van der Waals surface area contributed by atoms with Crippen molar-refractivity contribution in [3.05, 3.63) is 5.92 Å². The van der Waals surface area contributed by atoms with E-state index in [0.717, 1.165) is 0 Å². The summed E-state index contributed by atoms with van der Waals surface area (Å²) in [5.74, 6) is 1.83. The van der Waals surface area contributed by atoms with E-state index >= 15 is 0 Å². The van der Waals surface area contributed by atoms with E-state index in [4.69, 9.17) is 0 Å². The molecule has 0 aromatic rings. The van der Waals surface area contributed by atoms with Crippen LogP contribution in [0.5, 0.6) is 0 Å². The average molecular weight is 139 g/mol. The van der Waals surface area contributed by atoms with E-state index < -0.39 is 0 Å². The van der Waals surface area contributed by atoms with Gasteiger partial charge in [0, 0.05) is 0 Å². The van der Waals surface area contributed by atoms with Crippen LogP contribution in [0.3, 0.4) is 0 Å². The molecule has 1 radical (unpaired) electrons. The molecule has 0 unspecified atom stereocenters. The molecule has 1 aliphatic carbocycles. The third-order valence-electron chi connectivity index (χ3n) is 2.24. The van der Waals surface area contributed by atoms with Crippen LogP contribution >= 0.6 is 0 Å². The Kier molecular flexibility index (Phi) is 3.86. The number of unbranched alkanes of at least 4 members (excludes halogenated alkanes) is 4. The maximum absolute atomic E-state index is 2.27. The summed E-state index contributed by atoms with van der Waals surface area (Å²) in [6.45, 7) is 2.27. The molecule has 1 fully saturated rings. The van der Waals surface area contributed by atoms with E-state index in [2.05, 4.69) is 6.92 Å². The molecule has 0 heterocycles. The second-order valence-corrected chi connectivity index (χ2v) is 3.41. The summed E-state index contributed by atoms with van der Waals surface area (Å²) in [5.41, 5.74) is 0. The molecule has 1 rings (SSSR count). The number of hydrogen-bond acceptors (Lipinski definition) is 0. The first-order valence-corrected chi connectivity index (χ1v) is 4.77. The average Bonchev–Trinajstić information content (AvgIpc) is 2.71. The summed E-state index contributed by atoms with van der Waals surface area (Å²) in [4.78, 5) is 0. The van der Waals surface area contributed by atoms with Gasteiger partial charge < -0.3 is 0 Å². The van der Waals surface area contributed by atoms with E-state index in [-0.39, 0.29) is 0 Å². The summed E-state index contributed by atoms with van der Waals surface area (Å²) >= 11 is 0. The van der Waals surface area contributed by atoms with Crippen LogP contribution in [-0.2, 0) is 0 Å². The summed E-state index contributed by atoms with van der Waals surface area (Å²) < 4.78 is 0. The minimum Gasteiger partial charge on any atom is -0.0654 e. The second-order valence-electron chi connectivity index (χ2n) is 3.41. The minimum atomic E-state index is 1.37. The van der Waals surface area contributed by atoms with Crippen molar-refractivity contribution in [3.8, 4) is 0 Å². The molecule has 0 atom stereocenters. The molecule has 0 saturated heterocycles. The Hall–Kier alpha value is 0. The molecule has 0 bridgehead atoms. The molecule has 59 valence electrons. The van der Waals surface area contributed by atoms with E-state index in [0.29, 0.717) is 0 Å². The highest BCUT2D eigenvalue weighted by molar-refractivity contribution is 5.04. The second kappa shape index (κ2) is 4.76. The molecule has 1 saturated carbocycles. The van der Waals surface area contributed by atoms with Gasteiger partial charge in [-0.1, -0.05) is 39.0 Å². The molecular formula is C10H19. The molecule has 0 amide bonds. The van der Waals surface area contributed by atoms with Crippen LogP contribution in [0, 0.1) is 5.92 Å². The van der Waals surface area contributed by atoms with Gasteiger partial charge in [-0.3, -0.25) is 0 Å². The molecule has 0 nitrogen and oxygen atoms in total. The van der Waals surface area contributed by atoms with Gasteiger partial charge in [0.15, 0.2) is 0 Å². The van der Waals surface area contributed by atoms with Gasteiger partial charge in [-0.2, -0.15) is 0 Å². The first-order chi connectivity index (χ1) is 4.93. The van der Waals surface area contributed by atoms with Crippen molar-refractivity contribution < 1.29 is 0 Å². The predicted octanol–water partition coefficient (Wildman–Crippen LogP) is 3.72. The topological polar surface area (TPSA) is 0 Å². The van der Waals surface area contributed by atoms with Crippen molar-refractivity contribution in [3.63, 3.8) is 0 Å². The maximum Gasteiger partial charge on any atom is -0.0241 e. The fraction of sp³-hybridized carbons (Fsp3) is 0.900. The summed E-state index contributed by atoms with van der Waals surface area (Å²) in [6.07, 6.45) is 11.6. The molecule has 10 heavy (non-hydrogen) atoms. The Balaban J connectivity index is 1.68. The lowest BCUT2D eigenvalue weighted by Crippen LogP contribution is -1.78. The van der Waals surface area contributed by atoms with Gasteiger partial charge in [-0.15, -0.1) is 0 Å². The molecule has 0 aromatic heterocycles. The zero-order valence-electron chi connectivity index (χ0n) is 7.16. The monoisotopic (exact) mass is 139 g/mol. The molecule has 0 heteroatoms.